The first-order chi connectivity index (χ1) is 12.8. The average molecular weight is 408 g/mol. The first kappa shape index (κ1) is 19.4. The van der Waals surface area contributed by atoms with Crippen LogP contribution in [-0.2, 0) is 14.8 Å². The van der Waals surface area contributed by atoms with Gasteiger partial charge in [-0.2, -0.15) is 0 Å². The van der Waals surface area contributed by atoms with Crippen LogP contribution in [0.15, 0.2) is 41.8 Å². The van der Waals surface area contributed by atoms with Crippen molar-refractivity contribution in [1.82, 2.24) is 4.90 Å². The van der Waals surface area contributed by atoms with Gasteiger partial charge in [-0.05, 0) is 42.5 Å². The number of benzene rings is 1. The maximum Gasteiger partial charge on any atom is 0.263 e. The molecule has 144 valence electrons. The van der Waals surface area contributed by atoms with Gasteiger partial charge in [-0.1, -0.05) is 12.1 Å². The zero-order valence-corrected chi connectivity index (χ0v) is 16.5. The van der Waals surface area contributed by atoms with Gasteiger partial charge < -0.3 is 10.2 Å². The molecule has 2 aromatic rings. The third kappa shape index (κ3) is 5.30. The summed E-state index contributed by atoms with van der Waals surface area (Å²) in [4.78, 5) is 27.5. The Kier molecular flexibility index (Phi) is 5.81. The van der Waals surface area contributed by atoms with Crippen LogP contribution in [0.25, 0.3) is 0 Å². The van der Waals surface area contributed by atoms with Gasteiger partial charge in [-0.25, -0.2) is 8.42 Å². The van der Waals surface area contributed by atoms with E-state index in [2.05, 4.69) is 10.0 Å². The summed E-state index contributed by atoms with van der Waals surface area (Å²) in [6, 6.07) is 10.2. The van der Waals surface area contributed by atoms with E-state index in [0.717, 1.165) is 12.7 Å². The Bertz CT molecular complexity index is 926. The summed E-state index contributed by atoms with van der Waals surface area (Å²) in [7, 11) is -3.39. The molecular formula is C18H21N3O4S2. The molecule has 0 spiro atoms. The molecular weight excluding hydrogens is 386 g/mol. The minimum atomic E-state index is -3.39. The maximum absolute atomic E-state index is 12.6. The Balaban J connectivity index is 1.64. The van der Waals surface area contributed by atoms with Gasteiger partial charge >= 0.3 is 0 Å². The third-order valence-corrected chi connectivity index (χ3v) is 5.71. The molecule has 2 heterocycles. The molecule has 3 rings (SSSR count). The van der Waals surface area contributed by atoms with Crippen LogP contribution in [-0.4, -0.2) is 44.5 Å². The number of thiophene rings is 1. The molecule has 1 saturated heterocycles. The van der Waals surface area contributed by atoms with Crippen molar-refractivity contribution in [1.29, 1.82) is 0 Å². The number of sulfonamides is 1. The van der Waals surface area contributed by atoms with E-state index >= 15 is 0 Å². The fourth-order valence-electron chi connectivity index (χ4n) is 3.05. The van der Waals surface area contributed by atoms with Crippen molar-refractivity contribution in [3.05, 3.63) is 46.7 Å². The highest BCUT2D eigenvalue weighted by Gasteiger charge is 2.29. The number of carbonyl (C=O) groups is 2. The number of hydrogen-bond donors (Lipinski definition) is 2. The Morgan fingerprint density at radius 1 is 1.19 bits per heavy atom. The van der Waals surface area contributed by atoms with Gasteiger partial charge in [0.2, 0.25) is 15.9 Å². The molecule has 2 N–H and O–H groups in total. The van der Waals surface area contributed by atoms with Crippen molar-refractivity contribution in [2.45, 2.75) is 12.8 Å². The second kappa shape index (κ2) is 8.10. The van der Waals surface area contributed by atoms with Crippen molar-refractivity contribution >= 4 is 44.5 Å². The molecule has 1 aromatic carbocycles. The highest BCUT2D eigenvalue weighted by atomic mass is 32.2. The largest absolute Gasteiger partial charge is 0.337 e. The highest BCUT2D eigenvalue weighted by molar-refractivity contribution is 7.92. The third-order valence-electron chi connectivity index (χ3n) is 4.24. The number of nitrogens with one attached hydrogen (secondary N) is 2. The predicted molar refractivity (Wildman–Crippen MR) is 106 cm³/mol. The molecule has 1 aromatic heterocycles. The lowest BCUT2D eigenvalue weighted by atomic mass is 9.97. The Labute approximate surface area is 162 Å². The van der Waals surface area contributed by atoms with Gasteiger partial charge in [-0.15, -0.1) is 11.3 Å². The molecule has 0 unspecified atom stereocenters. The lowest BCUT2D eigenvalue weighted by Gasteiger charge is -2.31. The first-order valence-electron chi connectivity index (χ1n) is 8.53. The smallest absolute Gasteiger partial charge is 0.263 e. The molecule has 2 amide bonds. The molecule has 0 bridgehead atoms. The zero-order chi connectivity index (χ0) is 19.4. The van der Waals surface area contributed by atoms with Gasteiger partial charge in [0, 0.05) is 18.8 Å². The minimum Gasteiger partial charge on any atom is -0.337 e. The number of piperidine rings is 1. The quantitative estimate of drug-likeness (QED) is 0.796. The summed E-state index contributed by atoms with van der Waals surface area (Å²) in [5, 5.41) is 4.68. The van der Waals surface area contributed by atoms with Crippen LogP contribution in [0.5, 0.6) is 0 Å². The van der Waals surface area contributed by atoms with Crippen LogP contribution < -0.4 is 10.0 Å². The maximum atomic E-state index is 12.6. The lowest BCUT2D eigenvalue weighted by Crippen LogP contribution is -2.43. The Morgan fingerprint density at radius 3 is 2.67 bits per heavy atom. The van der Waals surface area contributed by atoms with Gasteiger partial charge in [0.1, 0.15) is 0 Å². The zero-order valence-electron chi connectivity index (χ0n) is 14.8. The van der Waals surface area contributed by atoms with Crippen molar-refractivity contribution < 1.29 is 18.0 Å². The highest BCUT2D eigenvalue weighted by Crippen LogP contribution is 2.23. The molecule has 7 nitrogen and oxygen atoms in total. The number of nitrogens with zero attached hydrogens (tertiary/aromatic N) is 1. The molecule has 0 saturated carbocycles. The summed E-state index contributed by atoms with van der Waals surface area (Å²) < 4.78 is 25.1. The minimum absolute atomic E-state index is 0.0400. The molecule has 1 aliphatic heterocycles. The number of rotatable bonds is 5. The van der Waals surface area contributed by atoms with Crippen molar-refractivity contribution in [3.63, 3.8) is 0 Å². The van der Waals surface area contributed by atoms with E-state index in [-0.39, 0.29) is 17.7 Å². The van der Waals surface area contributed by atoms with E-state index in [4.69, 9.17) is 0 Å². The van der Waals surface area contributed by atoms with Gasteiger partial charge in [0.15, 0.2) is 0 Å². The molecule has 1 atom stereocenters. The predicted octanol–water partition coefficient (Wildman–Crippen LogP) is 2.61. The summed E-state index contributed by atoms with van der Waals surface area (Å²) in [5.74, 6) is -0.508. The summed E-state index contributed by atoms with van der Waals surface area (Å²) in [6.07, 6.45) is 2.55. The van der Waals surface area contributed by atoms with E-state index in [1.807, 2.05) is 11.4 Å². The molecule has 27 heavy (non-hydrogen) atoms. The van der Waals surface area contributed by atoms with E-state index in [9.17, 15) is 18.0 Å². The van der Waals surface area contributed by atoms with Crippen LogP contribution in [0.4, 0.5) is 11.4 Å². The number of carbonyl (C=O) groups excluding carboxylic acids is 2. The van der Waals surface area contributed by atoms with Crippen molar-refractivity contribution in [3.8, 4) is 0 Å². The molecule has 9 heteroatoms. The summed E-state index contributed by atoms with van der Waals surface area (Å²) in [6.45, 7) is 1.03. The van der Waals surface area contributed by atoms with Crippen LogP contribution in [0.2, 0.25) is 0 Å². The van der Waals surface area contributed by atoms with E-state index < -0.39 is 10.0 Å². The van der Waals surface area contributed by atoms with Crippen LogP contribution >= 0.6 is 11.3 Å². The number of amides is 2. The van der Waals surface area contributed by atoms with Gasteiger partial charge in [0.25, 0.3) is 5.91 Å². The summed E-state index contributed by atoms with van der Waals surface area (Å²) >= 11 is 1.40. The fourth-order valence-corrected chi connectivity index (χ4v) is 4.30. The number of anilines is 2. The normalized spacial score (nSPS) is 17.4. The van der Waals surface area contributed by atoms with Crippen LogP contribution in [0, 0.1) is 5.92 Å². The molecule has 0 aliphatic carbocycles. The average Bonchev–Trinajstić information content (AvgIpc) is 3.14. The number of likely N-dealkylation sites (tertiary alicyclic amines) is 1. The van der Waals surface area contributed by atoms with Crippen molar-refractivity contribution in [2.24, 2.45) is 5.92 Å². The number of hydrogen-bond acceptors (Lipinski definition) is 5. The van der Waals surface area contributed by atoms with Gasteiger partial charge in [0.05, 0.1) is 22.7 Å². The van der Waals surface area contributed by atoms with Crippen LogP contribution in [0.1, 0.15) is 22.5 Å². The SMILES string of the molecule is CS(=O)(=O)Nc1cccc(NC(=O)[C@@H]2CCCN(C(=O)c3cccs3)C2)c1. The van der Waals surface area contributed by atoms with E-state index in [1.54, 1.807) is 35.2 Å². The lowest BCUT2D eigenvalue weighted by molar-refractivity contribution is -0.121. The van der Waals surface area contributed by atoms with Crippen LogP contribution in [0.3, 0.4) is 0 Å². The fraction of sp³-hybridized carbons (Fsp3) is 0.333. The second-order valence-corrected chi connectivity index (χ2v) is 9.21. The monoisotopic (exact) mass is 407 g/mol. The van der Waals surface area contributed by atoms with E-state index in [0.29, 0.717) is 35.8 Å². The Hall–Kier alpha value is -2.39. The second-order valence-electron chi connectivity index (χ2n) is 6.51. The van der Waals surface area contributed by atoms with Gasteiger partial charge in [-0.3, -0.25) is 14.3 Å². The Morgan fingerprint density at radius 2 is 1.96 bits per heavy atom. The molecule has 0 radical (unpaired) electrons. The molecule has 1 aliphatic rings. The first-order valence-corrected chi connectivity index (χ1v) is 11.3. The molecule has 1 fully saturated rings. The van der Waals surface area contributed by atoms with Crippen molar-refractivity contribution in [2.75, 3.05) is 29.4 Å². The topological polar surface area (TPSA) is 95.6 Å². The van der Waals surface area contributed by atoms with E-state index in [1.165, 1.54) is 11.3 Å². The standard InChI is InChI=1S/C18H21N3O4S2/c1-27(24,25)20-15-7-2-6-14(11-15)19-17(22)13-5-3-9-21(12-13)18(23)16-8-4-10-26-16/h2,4,6-8,10-11,13,20H,3,5,9,12H2,1H3,(H,19,22)/t13-/m1/s1. The summed E-state index contributed by atoms with van der Waals surface area (Å²) in [5.41, 5.74) is 0.892.